The molecule has 1 atom stereocenters. The monoisotopic (exact) mass is 508 g/mol. The molecule has 0 spiro atoms. The van der Waals surface area contributed by atoms with Crippen LogP contribution in [-0.2, 0) is 16.1 Å². The second kappa shape index (κ2) is 10.3. The fraction of sp³-hybridized carbons (Fsp3) is 0.269. The van der Waals surface area contributed by atoms with Gasteiger partial charge in [-0.05, 0) is 87.5 Å². The van der Waals surface area contributed by atoms with E-state index in [1.54, 1.807) is 39.8 Å². The summed E-state index contributed by atoms with van der Waals surface area (Å²) in [6.45, 7) is 6.72. The van der Waals surface area contributed by atoms with Crippen molar-refractivity contribution in [2.24, 2.45) is 0 Å². The third-order valence-corrected chi connectivity index (χ3v) is 5.22. The minimum Gasteiger partial charge on any atom is -0.464 e. The lowest BCUT2D eigenvalue weighted by Crippen LogP contribution is -2.50. The average Bonchev–Trinajstić information content (AvgIpc) is 3.45. The van der Waals surface area contributed by atoms with E-state index >= 15 is 0 Å². The van der Waals surface area contributed by atoms with Crippen LogP contribution in [0.15, 0.2) is 65.1 Å². The molecule has 0 saturated heterocycles. The maximum atomic E-state index is 14.3. The fourth-order valence-corrected chi connectivity index (χ4v) is 3.70. The number of nitrogens with one attached hydrogen (secondary N) is 1. The number of nitrogens with zero attached hydrogens (tertiary/aromatic N) is 5. The summed E-state index contributed by atoms with van der Waals surface area (Å²) in [6.07, 6.45) is 0. The first-order valence-corrected chi connectivity index (χ1v) is 11.5. The summed E-state index contributed by atoms with van der Waals surface area (Å²) in [6, 6.07) is 12.9. The lowest BCUT2D eigenvalue weighted by atomic mass is 10.1. The number of furan rings is 1. The van der Waals surface area contributed by atoms with Gasteiger partial charge in [-0.2, -0.15) is 4.80 Å². The molecule has 4 aromatic rings. The maximum absolute atomic E-state index is 14.3. The van der Waals surface area contributed by atoms with Gasteiger partial charge < -0.3 is 9.73 Å². The van der Waals surface area contributed by atoms with Crippen LogP contribution in [0.2, 0.25) is 0 Å². The van der Waals surface area contributed by atoms with Crippen LogP contribution >= 0.6 is 0 Å². The molecule has 2 aromatic carbocycles. The Hall–Kier alpha value is -4.41. The van der Waals surface area contributed by atoms with E-state index < -0.39 is 41.6 Å². The van der Waals surface area contributed by atoms with Crippen LogP contribution < -0.4 is 10.2 Å². The first kappa shape index (κ1) is 25.7. The molecule has 0 aliphatic carbocycles. The van der Waals surface area contributed by atoms with Gasteiger partial charge in [0.1, 0.15) is 29.7 Å². The molecule has 2 amide bonds. The first-order valence-electron chi connectivity index (χ1n) is 11.5. The van der Waals surface area contributed by atoms with Crippen molar-refractivity contribution in [1.82, 2.24) is 25.5 Å². The van der Waals surface area contributed by atoms with E-state index in [0.29, 0.717) is 11.3 Å². The number of hydrogen-bond donors (Lipinski definition) is 1. The molecule has 0 bridgehead atoms. The van der Waals surface area contributed by atoms with E-state index in [-0.39, 0.29) is 17.3 Å². The summed E-state index contributed by atoms with van der Waals surface area (Å²) in [4.78, 5) is 29.4. The summed E-state index contributed by atoms with van der Waals surface area (Å²) < 4.78 is 33.3. The lowest BCUT2D eigenvalue weighted by Gasteiger charge is -2.32. The maximum Gasteiger partial charge on any atom is 0.251 e. The molecule has 0 aliphatic rings. The molecule has 4 rings (SSSR count). The number of hydrogen-bond acceptors (Lipinski definition) is 6. The Kier molecular flexibility index (Phi) is 7.14. The number of carbonyl (C=O) groups excluding carboxylic acids is 2. The van der Waals surface area contributed by atoms with E-state index in [0.717, 1.165) is 15.8 Å². The molecule has 37 heavy (non-hydrogen) atoms. The molecular weight excluding hydrogens is 482 g/mol. The van der Waals surface area contributed by atoms with E-state index in [2.05, 4.69) is 20.7 Å². The van der Waals surface area contributed by atoms with Gasteiger partial charge in [-0.3, -0.25) is 14.5 Å². The predicted molar refractivity (Wildman–Crippen MR) is 131 cm³/mol. The highest BCUT2D eigenvalue weighted by Crippen LogP contribution is 2.30. The molecular formula is C26H26F2N6O3. The molecule has 192 valence electrons. The number of tetrazole rings is 1. The van der Waals surface area contributed by atoms with E-state index in [1.165, 1.54) is 42.5 Å². The Bertz CT molecular complexity index is 1410. The topological polar surface area (TPSA) is 106 Å². The van der Waals surface area contributed by atoms with Gasteiger partial charge in [0.25, 0.3) is 11.8 Å². The summed E-state index contributed by atoms with van der Waals surface area (Å²) in [7, 11) is 0. The molecule has 11 heteroatoms. The smallest absolute Gasteiger partial charge is 0.251 e. The molecule has 2 heterocycles. The molecule has 0 radical (unpaired) electrons. The fourth-order valence-electron chi connectivity index (χ4n) is 3.70. The summed E-state index contributed by atoms with van der Waals surface area (Å²) in [5.41, 5.74) is 0.0353. The van der Waals surface area contributed by atoms with Crippen molar-refractivity contribution in [1.29, 1.82) is 0 Å². The second-order valence-electron chi connectivity index (χ2n) is 9.48. The highest BCUT2D eigenvalue weighted by molar-refractivity contribution is 6.01. The third kappa shape index (κ3) is 6.24. The predicted octanol–water partition coefficient (Wildman–Crippen LogP) is 4.21. The number of rotatable bonds is 7. The molecule has 0 saturated carbocycles. The van der Waals surface area contributed by atoms with Gasteiger partial charge >= 0.3 is 0 Å². The van der Waals surface area contributed by atoms with Crippen LogP contribution in [0.3, 0.4) is 0 Å². The Morgan fingerprint density at radius 1 is 1.05 bits per heavy atom. The van der Waals surface area contributed by atoms with Crippen molar-refractivity contribution in [2.75, 3.05) is 4.90 Å². The molecule has 1 N–H and O–H groups in total. The van der Waals surface area contributed by atoms with Gasteiger partial charge in [0, 0.05) is 16.8 Å². The number of halogens is 2. The van der Waals surface area contributed by atoms with Crippen LogP contribution in [0.25, 0.3) is 11.4 Å². The van der Waals surface area contributed by atoms with Crippen LogP contribution in [0.5, 0.6) is 0 Å². The van der Waals surface area contributed by atoms with E-state index in [4.69, 9.17) is 4.42 Å². The van der Waals surface area contributed by atoms with Crippen LogP contribution in [0.1, 0.15) is 38.3 Å². The first-order chi connectivity index (χ1) is 17.5. The van der Waals surface area contributed by atoms with Gasteiger partial charge in [0.15, 0.2) is 6.04 Å². The Labute approximate surface area is 212 Å². The zero-order chi connectivity index (χ0) is 26.7. The van der Waals surface area contributed by atoms with E-state index in [1.807, 2.05) is 0 Å². The number of anilines is 1. The largest absolute Gasteiger partial charge is 0.464 e. The quantitative estimate of drug-likeness (QED) is 0.401. The van der Waals surface area contributed by atoms with Gasteiger partial charge in [0.05, 0.1) is 0 Å². The van der Waals surface area contributed by atoms with Crippen LogP contribution in [-0.4, -0.2) is 37.6 Å². The Balaban J connectivity index is 1.72. The molecule has 0 aliphatic heterocycles. The zero-order valence-corrected chi connectivity index (χ0v) is 20.8. The molecule has 0 fully saturated rings. The number of aryl methyl sites for hydroxylation is 1. The van der Waals surface area contributed by atoms with Crippen molar-refractivity contribution < 1.29 is 22.8 Å². The number of carbonyl (C=O) groups is 2. The van der Waals surface area contributed by atoms with Crippen LogP contribution in [0.4, 0.5) is 14.5 Å². The third-order valence-electron chi connectivity index (χ3n) is 5.22. The highest BCUT2D eigenvalue weighted by Gasteiger charge is 2.37. The van der Waals surface area contributed by atoms with Gasteiger partial charge in [-0.15, -0.1) is 10.2 Å². The zero-order valence-electron chi connectivity index (χ0n) is 20.8. The van der Waals surface area contributed by atoms with Gasteiger partial charge in [0.2, 0.25) is 5.82 Å². The molecule has 1 unspecified atom stereocenters. The molecule has 2 aromatic heterocycles. The normalized spacial score (nSPS) is 12.3. The minimum atomic E-state index is -1.25. The lowest BCUT2D eigenvalue weighted by molar-refractivity contribution is -0.128. The summed E-state index contributed by atoms with van der Waals surface area (Å²) in [5.74, 6) is -1.20. The Morgan fingerprint density at radius 2 is 1.78 bits per heavy atom. The Morgan fingerprint density at radius 3 is 2.41 bits per heavy atom. The number of benzene rings is 2. The van der Waals surface area contributed by atoms with Crippen molar-refractivity contribution in [3.63, 3.8) is 0 Å². The standard InChI is InChI=1S/C26H26F2N6O3/c1-16-8-13-21(37-16)23(25(36)29-26(2,3)4)34(20-7-5-6-19(28)14-20)22(35)15-33-31-24(30-32-33)17-9-11-18(27)12-10-17/h5-14,23H,15H2,1-4H3,(H,29,36). The SMILES string of the molecule is Cc1ccc(C(C(=O)NC(C)(C)C)N(C(=O)Cn2nnc(-c3ccc(F)cc3)n2)c2cccc(F)c2)o1. The van der Waals surface area contributed by atoms with Crippen molar-refractivity contribution in [3.8, 4) is 11.4 Å². The number of aromatic nitrogens is 4. The van der Waals surface area contributed by atoms with Gasteiger partial charge in [-0.1, -0.05) is 6.07 Å². The van der Waals surface area contributed by atoms with Crippen molar-refractivity contribution in [2.45, 2.75) is 45.8 Å². The molecule has 9 nitrogen and oxygen atoms in total. The highest BCUT2D eigenvalue weighted by atomic mass is 19.1. The minimum absolute atomic E-state index is 0.145. The van der Waals surface area contributed by atoms with Crippen molar-refractivity contribution >= 4 is 17.5 Å². The summed E-state index contributed by atoms with van der Waals surface area (Å²) >= 11 is 0. The number of amides is 2. The second-order valence-corrected chi connectivity index (χ2v) is 9.48. The average molecular weight is 509 g/mol. The summed E-state index contributed by atoms with van der Waals surface area (Å²) in [5, 5.41) is 14.9. The van der Waals surface area contributed by atoms with Crippen LogP contribution in [0, 0.1) is 18.6 Å². The van der Waals surface area contributed by atoms with E-state index in [9.17, 15) is 18.4 Å². The van der Waals surface area contributed by atoms with Gasteiger partial charge in [-0.25, -0.2) is 8.78 Å². The van der Waals surface area contributed by atoms with Crippen molar-refractivity contribution in [3.05, 3.63) is 83.8 Å².